The Labute approximate surface area is 87.3 Å². The van der Waals surface area contributed by atoms with Gasteiger partial charge in [0.1, 0.15) is 11.6 Å². The van der Waals surface area contributed by atoms with E-state index >= 15 is 0 Å². The summed E-state index contributed by atoms with van der Waals surface area (Å²) in [5, 5.41) is 18.8. The lowest BCUT2D eigenvalue weighted by atomic mass is 9.98. The number of hydrogen-bond donors (Lipinski definition) is 3. The average molecular weight is 211 g/mol. The number of phenols is 1. The average Bonchev–Trinajstić information content (AvgIpc) is 2.99. The second-order valence-corrected chi connectivity index (χ2v) is 4.06. The second-order valence-electron chi connectivity index (χ2n) is 4.06. The van der Waals surface area contributed by atoms with Crippen molar-refractivity contribution < 1.29 is 14.6 Å². The minimum atomic E-state index is -0.710. The van der Waals surface area contributed by atoms with Crippen LogP contribution in [0.1, 0.15) is 24.4 Å². The first-order valence-electron chi connectivity index (χ1n) is 5.01. The van der Waals surface area contributed by atoms with Gasteiger partial charge in [0.05, 0.1) is 12.1 Å². The molecule has 1 aliphatic rings. The summed E-state index contributed by atoms with van der Waals surface area (Å²) in [5.41, 5.74) is 6.02. The van der Waals surface area contributed by atoms with Gasteiger partial charge in [0.2, 0.25) is 0 Å². The van der Waals surface area contributed by atoms with Crippen molar-refractivity contribution in [1.82, 2.24) is 0 Å². The summed E-state index contributed by atoms with van der Waals surface area (Å²) in [7, 11) is 0. The molecule has 0 amide bonds. The van der Waals surface area contributed by atoms with E-state index < -0.39 is 18.0 Å². The highest BCUT2D eigenvalue weighted by Crippen LogP contribution is 2.37. The zero-order valence-corrected chi connectivity index (χ0v) is 8.23. The predicted molar refractivity (Wildman–Crippen MR) is 53.7 cm³/mol. The van der Waals surface area contributed by atoms with Gasteiger partial charge in [-0.2, -0.15) is 0 Å². The van der Waals surface area contributed by atoms with Crippen LogP contribution in [0, 0.1) is 11.7 Å². The van der Waals surface area contributed by atoms with Crippen molar-refractivity contribution in [1.29, 1.82) is 0 Å². The van der Waals surface area contributed by atoms with Crippen molar-refractivity contribution in [2.75, 3.05) is 0 Å². The molecule has 0 heterocycles. The summed E-state index contributed by atoms with van der Waals surface area (Å²) in [6, 6.07) is 3.09. The van der Waals surface area contributed by atoms with E-state index in [1.807, 2.05) is 0 Å². The fourth-order valence-electron chi connectivity index (χ4n) is 1.70. The molecule has 0 radical (unpaired) electrons. The molecule has 2 atom stereocenters. The Balaban J connectivity index is 2.20. The van der Waals surface area contributed by atoms with E-state index in [0.717, 1.165) is 18.9 Å². The topological polar surface area (TPSA) is 66.5 Å². The van der Waals surface area contributed by atoms with Crippen LogP contribution in [0.2, 0.25) is 0 Å². The van der Waals surface area contributed by atoms with Crippen molar-refractivity contribution >= 4 is 0 Å². The Morgan fingerprint density at radius 2 is 2.07 bits per heavy atom. The summed E-state index contributed by atoms with van der Waals surface area (Å²) >= 11 is 0. The van der Waals surface area contributed by atoms with Gasteiger partial charge in [0.15, 0.2) is 0 Å². The number of aliphatic hydroxyl groups is 1. The van der Waals surface area contributed by atoms with E-state index in [2.05, 4.69) is 0 Å². The standard InChI is InChI=1S/C11H14FNO2/c12-9-5-7(14)3-4-8(9)10(13)11(15)6-1-2-6/h3-6,10-11,14-15H,1-2,13H2/t10-,11+/m1/s1. The number of phenolic OH excluding ortho intramolecular Hbond substituents is 1. The molecule has 82 valence electrons. The third-order valence-electron chi connectivity index (χ3n) is 2.82. The molecule has 0 saturated heterocycles. The summed E-state index contributed by atoms with van der Waals surface area (Å²) in [4.78, 5) is 0. The Bertz CT molecular complexity index is 366. The molecule has 1 aliphatic carbocycles. The fourth-order valence-corrected chi connectivity index (χ4v) is 1.70. The minimum Gasteiger partial charge on any atom is -0.508 e. The van der Waals surface area contributed by atoms with Crippen molar-refractivity contribution in [3.63, 3.8) is 0 Å². The zero-order chi connectivity index (χ0) is 11.0. The Hall–Kier alpha value is -1.13. The molecule has 1 saturated carbocycles. The second kappa shape index (κ2) is 3.79. The maximum absolute atomic E-state index is 13.4. The number of hydrogen-bond acceptors (Lipinski definition) is 3. The van der Waals surface area contributed by atoms with Crippen LogP contribution in [0.4, 0.5) is 4.39 Å². The SMILES string of the molecule is N[C@H](c1ccc(O)cc1F)[C@@H](O)C1CC1. The Morgan fingerprint density at radius 1 is 1.40 bits per heavy atom. The van der Waals surface area contributed by atoms with E-state index in [0.29, 0.717) is 0 Å². The number of aromatic hydroxyl groups is 1. The normalized spacial score (nSPS) is 19.9. The molecule has 0 bridgehead atoms. The first-order chi connectivity index (χ1) is 7.09. The van der Waals surface area contributed by atoms with Crippen LogP contribution in [0.5, 0.6) is 5.75 Å². The van der Waals surface area contributed by atoms with Gasteiger partial charge < -0.3 is 15.9 Å². The smallest absolute Gasteiger partial charge is 0.131 e. The van der Waals surface area contributed by atoms with Crippen LogP contribution in [0.3, 0.4) is 0 Å². The molecule has 2 rings (SSSR count). The zero-order valence-electron chi connectivity index (χ0n) is 8.23. The highest BCUT2D eigenvalue weighted by atomic mass is 19.1. The molecule has 0 aliphatic heterocycles. The van der Waals surface area contributed by atoms with Gasteiger partial charge in [0.25, 0.3) is 0 Å². The van der Waals surface area contributed by atoms with Gasteiger partial charge in [-0.25, -0.2) is 4.39 Å². The maximum atomic E-state index is 13.4. The van der Waals surface area contributed by atoms with Crippen LogP contribution in [0.25, 0.3) is 0 Å². The molecule has 4 N–H and O–H groups in total. The molecule has 15 heavy (non-hydrogen) atoms. The molecular weight excluding hydrogens is 197 g/mol. The van der Waals surface area contributed by atoms with E-state index in [9.17, 15) is 9.50 Å². The molecule has 0 unspecified atom stereocenters. The van der Waals surface area contributed by atoms with E-state index in [1.165, 1.54) is 12.1 Å². The first kappa shape index (κ1) is 10.4. The number of nitrogens with two attached hydrogens (primary N) is 1. The molecular formula is C11H14FNO2. The van der Waals surface area contributed by atoms with Crippen LogP contribution < -0.4 is 5.73 Å². The van der Waals surface area contributed by atoms with Crippen molar-refractivity contribution in [3.8, 4) is 5.75 Å². The lowest BCUT2D eigenvalue weighted by Gasteiger charge is -2.19. The quantitative estimate of drug-likeness (QED) is 0.706. The van der Waals surface area contributed by atoms with Gasteiger partial charge in [-0.15, -0.1) is 0 Å². The van der Waals surface area contributed by atoms with Crippen molar-refractivity contribution in [2.45, 2.75) is 25.0 Å². The number of benzene rings is 1. The number of halogens is 1. The van der Waals surface area contributed by atoms with Crippen LogP contribution in [-0.4, -0.2) is 16.3 Å². The van der Waals surface area contributed by atoms with E-state index in [1.54, 1.807) is 0 Å². The lowest BCUT2D eigenvalue weighted by molar-refractivity contribution is 0.121. The van der Waals surface area contributed by atoms with Gasteiger partial charge in [0, 0.05) is 11.6 Å². The summed E-state index contributed by atoms with van der Waals surface area (Å²) in [5.74, 6) is -0.500. The van der Waals surface area contributed by atoms with Gasteiger partial charge in [-0.1, -0.05) is 6.07 Å². The van der Waals surface area contributed by atoms with E-state index in [-0.39, 0.29) is 17.2 Å². The summed E-state index contributed by atoms with van der Waals surface area (Å²) in [6.45, 7) is 0. The molecule has 0 aromatic heterocycles. The Morgan fingerprint density at radius 3 is 2.60 bits per heavy atom. The highest BCUT2D eigenvalue weighted by Gasteiger charge is 2.35. The highest BCUT2D eigenvalue weighted by molar-refractivity contribution is 5.30. The van der Waals surface area contributed by atoms with Crippen LogP contribution >= 0.6 is 0 Å². The Kier molecular flexibility index (Phi) is 2.63. The maximum Gasteiger partial charge on any atom is 0.131 e. The van der Waals surface area contributed by atoms with Crippen molar-refractivity contribution in [3.05, 3.63) is 29.6 Å². The molecule has 3 nitrogen and oxygen atoms in total. The summed E-state index contributed by atoms with van der Waals surface area (Å²) in [6.07, 6.45) is 1.22. The van der Waals surface area contributed by atoms with Gasteiger partial charge in [-0.3, -0.25) is 0 Å². The van der Waals surface area contributed by atoms with Gasteiger partial charge in [-0.05, 0) is 24.8 Å². The molecule has 1 fully saturated rings. The molecule has 1 aromatic carbocycles. The monoisotopic (exact) mass is 211 g/mol. The predicted octanol–water partition coefficient (Wildman–Crippen LogP) is 1.30. The largest absolute Gasteiger partial charge is 0.508 e. The molecule has 0 spiro atoms. The van der Waals surface area contributed by atoms with E-state index in [4.69, 9.17) is 10.8 Å². The molecule has 4 heteroatoms. The summed E-state index contributed by atoms with van der Waals surface area (Å²) < 4.78 is 13.4. The van der Waals surface area contributed by atoms with Crippen LogP contribution in [-0.2, 0) is 0 Å². The van der Waals surface area contributed by atoms with Gasteiger partial charge >= 0.3 is 0 Å². The third-order valence-corrected chi connectivity index (χ3v) is 2.82. The molecule has 1 aromatic rings. The first-order valence-corrected chi connectivity index (χ1v) is 5.01. The van der Waals surface area contributed by atoms with Crippen LogP contribution in [0.15, 0.2) is 18.2 Å². The third kappa shape index (κ3) is 2.11. The lowest BCUT2D eigenvalue weighted by Crippen LogP contribution is -2.28. The minimum absolute atomic E-state index is 0.135. The fraction of sp³-hybridized carbons (Fsp3) is 0.455. The van der Waals surface area contributed by atoms with Crippen molar-refractivity contribution in [2.24, 2.45) is 11.7 Å². The number of aliphatic hydroxyl groups excluding tert-OH is 1. The number of rotatable bonds is 3.